The van der Waals surface area contributed by atoms with Crippen LogP contribution < -0.4 is 5.32 Å². The SMILES string of the molecule is CNCC=Cc1ccc(C(F)(F)F)c([N+](=O)[O-])c1. The average Bonchev–Trinajstić information content (AvgIpc) is 2.27. The maximum atomic E-state index is 12.5. The van der Waals surface area contributed by atoms with Crippen LogP contribution in [0.25, 0.3) is 6.08 Å². The van der Waals surface area contributed by atoms with Crippen molar-refractivity contribution >= 4 is 11.8 Å². The molecule has 1 N–H and O–H groups in total. The molecule has 0 saturated heterocycles. The van der Waals surface area contributed by atoms with Gasteiger partial charge in [-0.05, 0) is 18.7 Å². The van der Waals surface area contributed by atoms with Gasteiger partial charge in [-0.25, -0.2) is 0 Å². The molecule has 0 radical (unpaired) electrons. The lowest BCUT2D eigenvalue weighted by Crippen LogP contribution is -2.09. The largest absolute Gasteiger partial charge is 0.422 e. The van der Waals surface area contributed by atoms with E-state index in [0.29, 0.717) is 12.1 Å². The zero-order valence-corrected chi connectivity index (χ0v) is 9.49. The molecule has 0 spiro atoms. The molecule has 0 amide bonds. The van der Waals surface area contributed by atoms with Gasteiger partial charge in [0, 0.05) is 12.6 Å². The van der Waals surface area contributed by atoms with Gasteiger partial charge in [0.05, 0.1) is 4.92 Å². The van der Waals surface area contributed by atoms with Crippen LogP contribution in [-0.4, -0.2) is 18.5 Å². The van der Waals surface area contributed by atoms with Crippen LogP contribution in [0.3, 0.4) is 0 Å². The van der Waals surface area contributed by atoms with E-state index in [9.17, 15) is 23.3 Å². The number of likely N-dealkylation sites (N-methyl/N-ethyl adjacent to an activating group) is 1. The van der Waals surface area contributed by atoms with Crippen LogP contribution in [0.2, 0.25) is 0 Å². The topological polar surface area (TPSA) is 55.2 Å². The summed E-state index contributed by atoms with van der Waals surface area (Å²) in [6.07, 6.45) is -1.55. The van der Waals surface area contributed by atoms with E-state index in [1.807, 2.05) is 0 Å². The van der Waals surface area contributed by atoms with E-state index in [4.69, 9.17) is 0 Å². The van der Waals surface area contributed by atoms with Crippen molar-refractivity contribution in [1.29, 1.82) is 0 Å². The second kappa shape index (κ2) is 5.63. The molecule has 0 aliphatic heterocycles. The van der Waals surface area contributed by atoms with Crippen LogP contribution in [0.15, 0.2) is 24.3 Å². The Kier molecular flexibility index (Phi) is 4.43. The Hall–Kier alpha value is -1.89. The highest BCUT2D eigenvalue weighted by atomic mass is 19.4. The Labute approximate surface area is 101 Å². The molecular formula is C11H11F3N2O2. The summed E-state index contributed by atoms with van der Waals surface area (Å²) in [5.74, 6) is 0. The maximum absolute atomic E-state index is 12.5. The second-order valence-corrected chi connectivity index (χ2v) is 3.49. The normalized spacial score (nSPS) is 12.0. The fourth-order valence-electron chi connectivity index (χ4n) is 1.36. The highest BCUT2D eigenvalue weighted by Crippen LogP contribution is 2.36. The molecular weight excluding hydrogens is 249 g/mol. The highest BCUT2D eigenvalue weighted by molar-refractivity contribution is 5.57. The standard InChI is InChI=1S/C11H11F3N2O2/c1-15-6-2-3-8-4-5-9(11(12,13)14)10(7-8)16(17)18/h2-5,7,15H,6H2,1H3. The molecule has 0 aromatic heterocycles. The molecule has 0 aliphatic carbocycles. The summed E-state index contributed by atoms with van der Waals surface area (Å²) in [6.45, 7) is 0.523. The number of nitrogens with zero attached hydrogens (tertiary/aromatic N) is 1. The van der Waals surface area contributed by atoms with E-state index >= 15 is 0 Å². The van der Waals surface area contributed by atoms with Crippen LogP contribution in [0.4, 0.5) is 18.9 Å². The van der Waals surface area contributed by atoms with Crippen molar-refractivity contribution in [2.75, 3.05) is 13.6 Å². The lowest BCUT2D eigenvalue weighted by Gasteiger charge is -2.07. The Bertz CT molecular complexity index is 470. The molecule has 0 fully saturated rings. The fraction of sp³-hybridized carbons (Fsp3) is 0.273. The van der Waals surface area contributed by atoms with Gasteiger partial charge in [0.15, 0.2) is 0 Å². The first kappa shape index (κ1) is 14.2. The second-order valence-electron chi connectivity index (χ2n) is 3.49. The molecule has 0 unspecified atom stereocenters. The first-order valence-electron chi connectivity index (χ1n) is 5.03. The van der Waals surface area contributed by atoms with Gasteiger partial charge < -0.3 is 5.32 Å². The van der Waals surface area contributed by atoms with Gasteiger partial charge in [-0.3, -0.25) is 10.1 Å². The van der Waals surface area contributed by atoms with Crippen LogP contribution in [0.5, 0.6) is 0 Å². The van der Waals surface area contributed by atoms with Crippen LogP contribution in [-0.2, 0) is 6.18 Å². The van der Waals surface area contributed by atoms with Gasteiger partial charge in [-0.1, -0.05) is 18.2 Å². The van der Waals surface area contributed by atoms with Crippen molar-refractivity contribution < 1.29 is 18.1 Å². The lowest BCUT2D eigenvalue weighted by molar-refractivity contribution is -0.388. The predicted molar refractivity (Wildman–Crippen MR) is 61.1 cm³/mol. The van der Waals surface area contributed by atoms with E-state index < -0.39 is 22.4 Å². The number of hydrogen-bond acceptors (Lipinski definition) is 3. The summed E-state index contributed by atoms with van der Waals surface area (Å²) < 4.78 is 37.5. The van der Waals surface area contributed by atoms with E-state index in [-0.39, 0.29) is 0 Å². The monoisotopic (exact) mass is 260 g/mol. The minimum Gasteiger partial charge on any atom is -0.316 e. The Morgan fingerprint density at radius 3 is 2.61 bits per heavy atom. The lowest BCUT2D eigenvalue weighted by atomic mass is 10.1. The molecule has 1 aromatic rings. The molecule has 0 atom stereocenters. The van der Waals surface area contributed by atoms with Gasteiger partial charge in [0.25, 0.3) is 5.69 Å². The number of alkyl halides is 3. The van der Waals surface area contributed by atoms with E-state index in [1.54, 1.807) is 13.1 Å². The van der Waals surface area contributed by atoms with E-state index in [2.05, 4.69) is 5.32 Å². The number of nitro benzene ring substituents is 1. The molecule has 7 heteroatoms. The molecule has 4 nitrogen and oxygen atoms in total. The maximum Gasteiger partial charge on any atom is 0.422 e. The molecule has 98 valence electrons. The Morgan fingerprint density at radius 1 is 1.44 bits per heavy atom. The minimum atomic E-state index is -4.73. The Balaban J connectivity index is 3.16. The molecule has 0 bridgehead atoms. The molecule has 1 aromatic carbocycles. The van der Waals surface area contributed by atoms with Crippen LogP contribution >= 0.6 is 0 Å². The van der Waals surface area contributed by atoms with E-state index in [0.717, 1.165) is 12.1 Å². The van der Waals surface area contributed by atoms with Crippen LogP contribution in [0, 0.1) is 10.1 Å². The predicted octanol–water partition coefficient (Wildman–Crippen LogP) is 2.85. The van der Waals surface area contributed by atoms with Gasteiger partial charge >= 0.3 is 6.18 Å². The number of nitrogens with one attached hydrogen (secondary N) is 1. The average molecular weight is 260 g/mol. The van der Waals surface area contributed by atoms with Crippen molar-refractivity contribution in [3.05, 3.63) is 45.5 Å². The third kappa shape index (κ3) is 3.56. The van der Waals surface area contributed by atoms with Crippen molar-refractivity contribution in [3.8, 4) is 0 Å². The minimum absolute atomic E-state index is 0.352. The van der Waals surface area contributed by atoms with Crippen molar-refractivity contribution in [2.24, 2.45) is 0 Å². The third-order valence-electron chi connectivity index (χ3n) is 2.16. The number of hydrogen-bond donors (Lipinski definition) is 1. The van der Waals surface area contributed by atoms with Gasteiger partial charge in [-0.2, -0.15) is 13.2 Å². The van der Waals surface area contributed by atoms with Gasteiger partial charge in [0.1, 0.15) is 5.56 Å². The first-order valence-corrected chi connectivity index (χ1v) is 5.03. The molecule has 18 heavy (non-hydrogen) atoms. The van der Waals surface area contributed by atoms with Crippen molar-refractivity contribution in [2.45, 2.75) is 6.18 Å². The van der Waals surface area contributed by atoms with Crippen molar-refractivity contribution in [3.63, 3.8) is 0 Å². The van der Waals surface area contributed by atoms with Gasteiger partial charge in [-0.15, -0.1) is 0 Å². The summed E-state index contributed by atoms with van der Waals surface area (Å²) in [4.78, 5) is 9.59. The number of nitro groups is 1. The zero-order chi connectivity index (χ0) is 13.8. The molecule has 0 aliphatic rings. The fourth-order valence-corrected chi connectivity index (χ4v) is 1.36. The highest BCUT2D eigenvalue weighted by Gasteiger charge is 2.38. The molecule has 0 saturated carbocycles. The summed E-state index contributed by atoms with van der Waals surface area (Å²) in [6, 6.07) is 2.83. The summed E-state index contributed by atoms with van der Waals surface area (Å²) in [5, 5.41) is 13.4. The number of halogens is 3. The Morgan fingerprint density at radius 2 is 2.11 bits per heavy atom. The van der Waals surface area contributed by atoms with E-state index in [1.165, 1.54) is 12.1 Å². The number of benzene rings is 1. The third-order valence-corrected chi connectivity index (χ3v) is 2.16. The molecule has 0 heterocycles. The first-order chi connectivity index (χ1) is 8.36. The summed E-state index contributed by atoms with van der Waals surface area (Å²) >= 11 is 0. The quantitative estimate of drug-likeness (QED) is 0.669. The smallest absolute Gasteiger partial charge is 0.316 e. The summed E-state index contributed by atoms with van der Waals surface area (Å²) in [5.41, 5.74) is -1.82. The zero-order valence-electron chi connectivity index (χ0n) is 9.49. The number of rotatable bonds is 4. The summed E-state index contributed by atoms with van der Waals surface area (Å²) in [7, 11) is 1.71. The molecule has 1 rings (SSSR count). The van der Waals surface area contributed by atoms with Crippen LogP contribution in [0.1, 0.15) is 11.1 Å². The van der Waals surface area contributed by atoms with Gasteiger partial charge in [0.2, 0.25) is 0 Å². The van der Waals surface area contributed by atoms with Crippen molar-refractivity contribution in [1.82, 2.24) is 5.32 Å².